The van der Waals surface area contributed by atoms with Crippen LogP contribution in [0.5, 0.6) is 0 Å². The molecule has 0 saturated heterocycles. The number of nitrogens with one attached hydrogen (secondary N) is 1. The van der Waals surface area contributed by atoms with Gasteiger partial charge in [0.15, 0.2) is 5.82 Å². The van der Waals surface area contributed by atoms with Crippen molar-refractivity contribution in [1.82, 2.24) is 8.75 Å². The van der Waals surface area contributed by atoms with E-state index >= 15 is 0 Å². The number of benzene rings is 1. The Balaban J connectivity index is 2.45. The van der Waals surface area contributed by atoms with Gasteiger partial charge in [-0.2, -0.15) is 21.9 Å². The molecular formula is C12H12F3N3S. The van der Waals surface area contributed by atoms with E-state index in [1.54, 1.807) is 6.07 Å². The van der Waals surface area contributed by atoms with Gasteiger partial charge in [-0.1, -0.05) is 25.1 Å². The Morgan fingerprint density at radius 2 is 1.95 bits per heavy atom. The Hall–Kier alpha value is -1.63. The van der Waals surface area contributed by atoms with Gasteiger partial charge in [0, 0.05) is 12.1 Å². The lowest BCUT2D eigenvalue weighted by atomic mass is 10.0. The lowest BCUT2D eigenvalue weighted by Gasteiger charge is -2.12. The topological polar surface area (TPSA) is 37.8 Å². The molecule has 2 aromatic rings. The summed E-state index contributed by atoms with van der Waals surface area (Å²) in [5.74, 6) is 0.406. The summed E-state index contributed by atoms with van der Waals surface area (Å²) in [6.07, 6.45) is -3.54. The van der Waals surface area contributed by atoms with Gasteiger partial charge in [-0.25, -0.2) is 0 Å². The molecule has 0 aliphatic carbocycles. The second kappa shape index (κ2) is 5.56. The van der Waals surface area contributed by atoms with Crippen LogP contribution >= 0.6 is 11.7 Å². The molecule has 1 heterocycles. The van der Waals surface area contributed by atoms with Crippen molar-refractivity contribution in [2.45, 2.75) is 19.5 Å². The maximum absolute atomic E-state index is 13.0. The molecule has 0 atom stereocenters. The van der Waals surface area contributed by atoms with Gasteiger partial charge in [-0.05, 0) is 12.5 Å². The van der Waals surface area contributed by atoms with Gasteiger partial charge in [-0.3, -0.25) is 0 Å². The number of halogens is 3. The Bertz CT molecular complexity index is 551. The van der Waals surface area contributed by atoms with Crippen molar-refractivity contribution in [2.24, 2.45) is 0 Å². The van der Waals surface area contributed by atoms with Crippen molar-refractivity contribution in [1.29, 1.82) is 0 Å². The third-order valence-electron chi connectivity index (χ3n) is 2.52. The normalized spacial score (nSPS) is 11.6. The summed E-state index contributed by atoms with van der Waals surface area (Å²) in [6.45, 7) is 2.61. The average molecular weight is 287 g/mol. The summed E-state index contributed by atoms with van der Waals surface area (Å²) >= 11 is 0.901. The minimum Gasteiger partial charge on any atom is -0.367 e. The lowest BCUT2D eigenvalue weighted by Crippen LogP contribution is -2.08. The van der Waals surface area contributed by atoms with Crippen molar-refractivity contribution >= 4 is 17.5 Å². The molecule has 1 aromatic carbocycles. The molecule has 0 unspecified atom stereocenters. The van der Waals surface area contributed by atoms with Crippen LogP contribution in [0, 0.1) is 0 Å². The van der Waals surface area contributed by atoms with Crippen molar-refractivity contribution in [3.8, 4) is 11.3 Å². The number of aromatic nitrogens is 2. The zero-order valence-electron chi connectivity index (χ0n) is 10.2. The fourth-order valence-electron chi connectivity index (χ4n) is 1.66. The second-order valence-corrected chi connectivity index (χ2v) is 4.46. The predicted molar refractivity (Wildman–Crippen MR) is 69.1 cm³/mol. The number of nitrogens with zero attached hydrogens (tertiary/aromatic N) is 2. The van der Waals surface area contributed by atoms with Gasteiger partial charge < -0.3 is 5.32 Å². The number of rotatable bonds is 4. The van der Waals surface area contributed by atoms with Crippen molar-refractivity contribution in [3.63, 3.8) is 0 Å². The third-order valence-corrected chi connectivity index (χ3v) is 3.05. The van der Waals surface area contributed by atoms with Crippen LogP contribution in [0.1, 0.15) is 18.9 Å². The van der Waals surface area contributed by atoms with Crippen molar-refractivity contribution in [3.05, 3.63) is 29.8 Å². The highest BCUT2D eigenvalue weighted by Crippen LogP contribution is 2.38. The Labute approximate surface area is 112 Å². The molecule has 0 aliphatic heterocycles. The van der Waals surface area contributed by atoms with E-state index in [4.69, 9.17) is 0 Å². The number of anilines is 1. The molecule has 0 radical (unpaired) electrons. The maximum atomic E-state index is 13.0. The summed E-state index contributed by atoms with van der Waals surface area (Å²) in [4.78, 5) is 0. The number of alkyl halides is 3. The molecule has 0 saturated carbocycles. The zero-order chi connectivity index (χ0) is 13.9. The molecule has 1 aromatic heterocycles. The predicted octanol–water partition coefficient (Wildman–Crippen LogP) is 4.05. The molecule has 2 rings (SSSR count). The first-order valence-electron chi connectivity index (χ1n) is 5.77. The summed E-state index contributed by atoms with van der Waals surface area (Å²) < 4.78 is 46.9. The van der Waals surface area contributed by atoms with E-state index in [1.165, 1.54) is 12.1 Å². The smallest absolute Gasteiger partial charge is 0.367 e. The average Bonchev–Trinajstić information content (AvgIpc) is 2.83. The molecule has 102 valence electrons. The first-order chi connectivity index (χ1) is 9.04. The van der Waals surface area contributed by atoms with E-state index in [0.29, 0.717) is 12.4 Å². The minimum atomic E-state index is -4.40. The molecular weight excluding hydrogens is 275 g/mol. The van der Waals surface area contributed by atoms with E-state index in [9.17, 15) is 13.2 Å². The lowest BCUT2D eigenvalue weighted by molar-refractivity contribution is -0.137. The van der Waals surface area contributed by atoms with Gasteiger partial charge in [-0.15, -0.1) is 0 Å². The first kappa shape index (κ1) is 13.8. The molecule has 0 spiro atoms. The van der Waals surface area contributed by atoms with Crippen LogP contribution in [0.15, 0.2) is 24.3 Å². The van der Waals surface area contributed by atoms with E-state index in [2.05, 4.69) is 14.1 Å². The van der Waals surface area contributed by atoms with E-state index < -0.39 is 11.7 Å². The van der Waals surface area contributed by atoms with Crippen LogP contribution in [0.25, 0.3) is 11.3 Å². The maximum Gasteiger partial charge on any atom is 0.417 e. The number of hydrogen-bond donors (Lipinski definition) is 1. The van der Waals surface area contributed by atoms with Crippen molar-refractivity contribution < 1.29 is 13.2 Å². The molecule has 0 aliphatic rings. The molecule has 19 heavy (non-hydrogen) atoms. The quantitative estimate of drug-likeness (QED) is 0.922. The summed E-state index contributed by atoms with van der Waals surface area (Å²) in [6, 6.07) is 5.40. The summed E-state index contributed by atoms with van der Waals surface area (Å²) in [5, 5.41) is 2.99. The standard InChI is InChI=1S/C12H12F3N3S/c1-2-7-16-11-10(17-19-18-11)8-5-3-4-6-9(8)12(13,14)15/h3-6H,2,7H2,1H3,(H,16,18). The first-order valence-corrected chi connectivity index (χ1v) is 6.50. The molecule has 0 fully saturated rings. The van der Waals surface area contributed by atoms with Crippen LogP contribution < -0.4 is 5.32 Å². The third kappa shape index (κ3) is 3.04. The highest BCUT2D eigenvalue weighted by atomic mass is 32.1. The SMILES string of the molecule is CCCNc1nsnc1-c1ccccc1C(F)(F)F. The fourth-order valence-corrected chi connectivity index (χ4v) is 2.20. The van der Waals surface area contributed by atoms with Gasteiger partial charge in [0.25, 0.3) is 0 Å². The van der Waals surface area contributed by atoms with Gasteiger partial charge >= 0.3 is 6.18 Å². The summed E-state index contributed by atoms with van der Waals surface area (Å²) in [5.41, 5.74) is -0.379. The van der Waals surface area contributed by atoms with Crippen molar-refractivity contribution in [2.75, 3.05) is 11.9 Å². The highest BCUT2D eigenvalue weighted by molar-refractivity contribution is 6.99. The molecule has 3 nitrogen and oxygen atoms in total. The summed E-state index contributed by atoms with van der Waals surface area (Å²) in [7, 11) is 0. The Morgan fingerprint density at radius 3 is 2.63 bits per heavy atom. The van der Waals surface area contributed by atoms with E-state index in [0.717, 1.165) is 24.2 Å². The largest absolute Gasteiger partial charge is 0.417 e. The van der Waals surface area contributed by atoms with Crippen LogP contribution in [0.2, 0.25) is 0 Å². The van der Waals surface area contributed by atoms with Crippen LogP contribution in [-0.2, 0) is 6.18 Å². The minimum absolute atomic E-state index is 0.0577. The van der Waals surface area contributed by atoms with E-state index in [-0.39, 0.29) is 11.3 Å². The van der Waals surface area contributed by atoms with Crippen LogP contribution in [0.4, 0.5) is 19.0 Å². The Kier molecular flexibility index (Phi) is 4.04. The van der Waals surface area contributed by atoms with Crippen LogP contribution in [0.3, 0.4) is 0 Å². The van der Waals surface area contributed by atoms with Gasteiger partial charge in [0.1, 0.15) is 5.69 Å². The second-order valence-electron chi connectivity index (χ2n) is 3.93. The Morgan fingerprint density at radius 1 is 1.21 bits per heavy atom. The molecule has 0 amide bonds. The molecule has 1 N–H and O–H groups in total. The van der Waals surface area contributed by atoms with Crippen LogP contribution in [-0.4, -0.2) is 15.3 Å². The highest BCUT2D eigenvalue weighted by Gasteiger charge is 2.34. The number of hydrogen-bond acceptors (Lipinski definition) is 4. The zero-order valence-corrected chi connectivity index (χ0v) is 11.0. The van der Waals surface area contributed by atoms with Gasteiger partial charge in [0.2, 0.25) is 0 Å². The molecule has 7 heteroatoms. The molecule has 0 bridgehead atoms. The van der Waals surface area contributed by atoms with Gasteiger partial charge in [0.05, 0.1) is 17.3 Å². The van der Waals surface area contributed by atoms with E-state index in [1.807, 2.05) is 6.92 Å². The fraction of sp³-hybridized carbons (Fsp3) is 0.333. The monoisotopic (exact) mass is 287 g/mol.